The third kappa shape index (κ3) is 3.77. The molecule has 3 heterocycles. The average molecular weight is 476 g/mol. The third-order valence-electron chi connectivity index (χ3n) is 5.64. The van der Waals surface area contributed by atoms with Gasteiger partial charge in [0.2, 0.25) is 6.79 Å². The predicted molar refractivity (Wildman–Crippen MR) is 115 cm³/mol. The molecule has 2 N–H and O–H groups in total. The summed E-state index contributed by atoms with van der Waals surface area (Å²) >= 11 is 5.22. The lowest BCUT2D eigenvalue weighted by Crippen LogP contribution is -2.11. The van der Waals surface area contributed by atoms with Crippen LogP contribution in [0.3, 0.4) is 0 Å². The van der Waals surface area contributed by atoms with Crippen LogP contribution in [0.25, 0.3) is 11.2 Å². The molecule has 5 rings (SSSR count). The molecule has 1 saturated carbocycles. The molecule has 0 spiro atoms. The van der Waals surface area contributed by atoms with Crippen molar-refractivity contribution in [1.29, 1.82) is 0 Å². The van der Waals surface area contributed by atoms with Gasteiger partial charge < -0.3 is 19.8 Å². The van der Waals surface area contributed by atoms with Crippen LogP contribution >= 0.6 is 27.7 Å². The van der Waals surface area contributed by atoms with Crippen molar-refractivity contribution in [2.24, 2.45) is 5.92 Å². The molecular formula is C20H22BrN5O2S. The number of aromatic nitrogens is 4. The summed E-state index contributed by atoms with van der Waals surface area (Å²) in [4.78, 5) is 14.4. The van der Waals surface area contributed by atoms with Crippen LogP contribution in [0.1, 0.15) is 38.5 Å². The number of fused-ring (bicyclic) bond motifs is 2. The van der Waals surface area contributed by atoms with Gasteiger partial charge in [0, 0.05) is 15.9 Å². The van der Waals surface area contributed by atoms with Crippen LogP contribution in [-0.2, 0) is 6.54 Å². The van der Waals surface area contributed by atoms with E-state index in [1.807, 2.05) is 12.1 Å². The Balaban J connectivity index is 1.48. The van der Waals surface area contributed by atoms with E-state index in [4.69, 9.17) is 20.2 Å². The molecule has 0 amide bonds. The van der Waals surface area contributed by atoms with Gasteiger partial charge in [-0.25, -0.2) is 15.0 Å². The summed E-state index contributed by atoms with van der Waals surface area (Å²) in [6.07, 6.45) is 9.34. The Kier molecular flexibility index (Phi) is 5.26. The summed E-state index contributed by atoms with van der Waals surface area (Å²) in [5.74, 6) is 2.69. The van der Waals surface area contributed by atoms with Gasteiger partial charge >= 0.3 is 0 Å². The van der Waals surface area contributed by atoms with E-state index >= 15 is 0 Å². The number of anilines is 1. The molecule has 3 aromatic rings. The maximum atomic E-state index is 6.09. The van der Waals surface area contributed by atoms with Crippen LogP contribution in [0.5, 0.6) is 11.5 Å². The van der Waals surface area contributed by atoms with Crippen LogP contribution in [0.15, 0.2) is 33.0 Å². The first kappa shape index (κ1) is 19.0. The highest BCUT2D eigenvalue weighted by Crippen LogP contribution is 2.43. The standard InChI is InChI=1S/C20H22BrN5O2S/c21-13-8-14-15(28-11-27-14)9-16(13)29-20-25-17-18(22)23-10-24-19(17)26(20)7-6-12-4-2-1-3-5-12/h8-10,12H,1-7,11H2,(H2,22,23,24). The Morgan fingerprint density at radius 1 is 1.14 bits per heavy atom. The smallest absolute Gasteiger partial charge is 0.231 e. The third-order valence-corrected chi connectivity index (χ3v) is 7.61. The van der Waals surface area contributed by atoms with Gasteiger partial charge in [0.1, 0.15) is 6.33 Å². The molecule has 7 nitrogen and oxygen atoms in total. The molecule has 1 fully saturated rings. The molecular weight excluding hydrogens is 454 g/mol. The van der Waals surface area contributed by atoms with Crippen molar-refractivity contribution in [1.82, 2.24) is 19.5 Å². The van der Waals surface area contributed by atoms with Gasteiger partial charge in [0.05, 0.1) is 0 Å². The maximum absolute atomic E-state index is 6.09. The number of nitrogen functional groups attached to an aromatic ring is 1. The van der Waals surface area contributed by atoms with Crippen LogP contribution in [0.2, 0.25) is 0 Å². The number of imidazole rings is 1. The van der Waals surface area contributed by atoms with Crippen molar-refractivity contribution in [3.63, 3.8) is 0 Å². The van der Waals surface area contributed by atoms with E-state index in [2.05, 4.69) is 30.5 Å². The summed E-state index contributed by atoms with van der Waals surface area (Å²) in [5.41, 5.74) is 7.55. The fourth-order valence-electron chi connectivity index (χ4n) is 4.08. The minimum absolute atomic E-state index is 0.252. The van der Waals surface area contributed by atoms with Crippen molar-refractivity contribution in [3.8, 4) is 11.5 Å². The minimum Gasteiger partial charge on any atom is -0.454 e. The lowest BCUT2D eigenvalue weighted by molar-refractivity contribution is 0.174. The van der Waals surface area contributed by atoms with E-state index in [0.29, 0.717) is 11.3 Å². The molecule has 0 atom stereocenters. The molecule has 2 aliphatic rings. The van der Waals surface area contributed by atoms with Crippen LogP contribution in [0.4, 0.5) is 5.82 Å². The lowest BCUT2D eigenvalue weighted by atomic mass is 9.87. The Bertz CT molecular complexity index is 1050. The molecule has 29 heavy (non-hydrogen) atoms. The first-order valence-electron chi connectivity index (χ1n) is 9.93. The van der Waals surface area contributed by atoms with Gasteiger partial charge in [0.15, 0.2) is 33.6 Å². The predicted octanol–water partition coefficient (Wildman–Crippen LogP) is 5.02. The second-order valence-corrected chi connectivity index (χ2v) is 9.37. The zero-order valence-corrected chi connectivity index (χ0v) is 18.3. The molecule has 2 aromatic heterocycles. The number of nitrogens with zero attached hydrogens (tertiary/aromatic N) is 4. The minimum atomic E-state index is 0.252. The van der Waals surface area contributed by atoms with E-state index in [1.165, 1.54) is 38.4 Å². The summed E-state index contributed by atoms with van der Waals surface area (Å²) in [6.45, 7) is 1.13. The number of hydrogen-bond acceptors (Lipinski definition) is 7. The Morgan fingerprint density at radius 2 is 1.93 bits per heavy atom. The lowest BCUT2D eigenvalue weighted by Gasteiger charge is -2.22. The molecule has 0 radical (unpaired) electrons. The van der Waals surface area contributed by atoms with E-state index in [0.717, 1.165) is 50.6 Å². The Morgan fingerprint density at radius 3 is 2.76 bits per heavy atom. The highest BCUT2D eigenvalue weighted by molar-refractivity contribution is 9.10. The topological polar surface area (TPSA) is 88.1 Å². The monoisotopic (exact) mass is 475 g/mol. The second-order valence-electron chi connectivity index (χ2n) is 7.51. The largest absolute Gasteiger partial charge is 0.454 e. The number of rotatable bonds is 5. The fourth-order valence-corrected chi connectivity index (χ4v) is 5.59. The van der Waals surface area contributed by atoms with Gasteiger partial charge in [-0.3, -0.25) is 0 Å². The summed E-state index contributed by atoms with van der Waals surface area (Å²) in [7, 11) is 0. The van der Waals surface area contributed by atoms with Crippen LogP contribution in [-0.4, -0.2) is 26.3 Å². The molecule has 1 aliphatic heterocycles. The number of hydrogen-bond donors (Lipinski definition) is 1. The molecule has 0 unspecified atom stereocenters. The molecule has 9 heteroatoms. The normalized spacial score (nSPS) is 16.6. The van der Waals surface area contributed by atoms with Crippen molar-refractivity contribution >= 4 is 44.7 Å². The van der Waals surface area contributed by atoms with Gasteiger partial charge in [-0.15, -0.1) is 0 Å². The molecule has 0 bridgehead atoms. The van der Waals surface area contributed by atoms with Crippen molar-refractivity contribution in [3.05, 3.63) is 22.9 Å². The van der Waals surface area contributed by atoms with Crippen LogP contribution < -0.4 is 15.2 Å². The van der Waals surface area contributed by atoms with Crippen molar-refractivity contribution in [2.45, 2.75) is 55.1 Å². The second kappa shape index (κ2) is 8.02. The number of benzene rings is 1. The molecule has 1 aromatic carbocycles. The first-order valence-corrected chi connectivity index (χ1v) is 11.5. The SMILES string of the molecule is Nc1ncnc2c1nc(Sc1cc3c(cc1Br)OCO3)n2CCC1CCCCC1. The van der Waals surface area contributed by atoms with Gasteiger partial charge in [-0.05, 0) is 40.4 Å². The highest BCUT2D eigenvalue weighted by Gasteiger charge is 2.22. The average Bonchev–Trinajstić information content (AvgIpc) is 3.32. The van der Waals surface area contributed by atoms with Gasteiger partial charge in [-0.2, -0.15) is 0 Å². The van der Waals surface area contributed by atoms with Crippen molar-refractivity contribution in [2.75, 3.05) is 12.5 Å². The zero-order valence-electron chi connectivity index (χ0n) is 15.9. The van der Waals surface area contributed by atoms with E-state index in [1.54, 1.807) is 11.8 Å². The van der Waals surface area contributed by atoms with E-state index < -0.39 is 0 Å². The number of nitrogens with two attached hydrogens (primary N) is 1. The van der Waals surface area contributed by atoms with Gasteiger partial charge in [0.25, 0.3) is 0 Å². The molecule has 1 aliphatic carbocycles. The quantitative estimate of drug-likeness (QED) is 0.553. The Labute approximate surface area is 181 Å². The Hall–Kier alpha value is -2.00. The summed E-state index contributed by atoms with van der Waals surface area (Å²) in [6, 6.07) is 3.92. The number of ether oxygens (including phenoxy) is 2. The van der Waals surface area contributed by atoms with Crippen LogP contribution in [0, 0.1) is 5.92 Å². The van der Waals surface area contributed by atoms with Gasteiger partial charge in [-0.1, -0.05) is 43.9 Å². The van der Waals surface area contributed by atoms with E-state index in [-0.39, 0.29) is 6.79 Å². The number of halogens is 1. The summed E-state index contributed by atoms with van der Waals surface area (Å²) < 4.78 is 14.1. The summed E-state index contributed by atoms with van der Waals surface area (Å²) in [5, 5.41) is 0.863. The highest BCUT2D eigenvalue weighted by atomic mass is 79.9. The maximum Gasteiger partial charge on any atom is 0.231 e. The zero-order chi connectivity index (χ0) is 19.8. The fraction of sp³-hybridized carbons (Fsp3) is 0.450. The molecule has 0 saturated heterocycles. The van der Waals surface area contributed by atoms with E-state index in [9.17, 15) is 0 Å². The molecule has 152 valence electrons. The number of aryl methyl sites for hydroxylation is 1. The van der Waals surface area contributed by atoms with Crippen molar-refractivity contribution < 1.29 is 9.47 Å². The first-order chi connectivity index (χ1) is 14.2.